The summed E-state index contributed by atoms with van der Waals surface area (Å²) in [4.78, 5) is 6.90. The highest BCUT2D eigenvalue weighted by atomic mass is 127. The van der Waals surface area contributed by atoms with Gasteiger partial charge in [0.25, 0.3) is 0 Å². The van der Waals surface area contributed by atoms with E-state index in [0.717, 1.165) is 31.6 Å². The SMILES string of the molecule is CCc1cccc(NC(N)=NCCCN2CCCC2)c1.I. The van der Waals surface area contributed by atoms with Gasteiger partial charge < -0.3 is 16.0 Å². The second-order valence-corrected chi connectivity index (χ2v) is 5.35. The number of likely N-dealkylation sites (tertiary alicyclic amines) is 1. The lowest BCUT2D eigenvalue weighted by atomic mass is 10.1. The van der Waals surface area contributed by atoms with Crippen LogP contribution in [0.25, 0.3) is 0 Å². The molecule has 1 aliphatic rings. The van der Waals surface area contributed by atoms with Crippen LogP contribution in [0.5, 0.6) is 0 Å². The number of nitrogens with two attached hydrogens (primary N) is 1. The van der Waals surface area contributed by atoms with Gasteiger partial charge in [-0.05, 0) is 63.0 Å². The number of benzene rings is 1. The molecule has 0 atom stereocenters. The molecule has 0 amide bonds. The van der Waals surface area contributed by atoms with Crippen LogP contribution >= 0.6 is 24.0 Å². The van der Waals surface area contributed by atoms with Gasteiger partial charge in [-0.25, -0.2) is 0 Å². The standard InChI is InChI=1S/C16H26N4.HI/c1-2-14-7-5-8-15(13-14)19-16(17)18-9-6-12-20-10-3-4-11-20;/h5,7-8,13H,2-4,6,9-12H2,1H3,(H3,17,18,19);1H. The van der Waals surface area contributed by atoms with E-state index in [4.69, 9.17) is 5.73 Å². The van der Waals surface area contributed by atoms with Crippen LogP contribution in [0.4, 0.5) is 5.69 Å². The molecule has 1 saturated heterocycles. The summed E-state index contributed by atoms with van der Waals surface area (Å²) in [5, 5.41) is 3.16. The van der Waals surface area contributed by atoms with Crippen molar-refractivity contribution in [3.05, 3.63) is 29.8 Å². The van der Waals surface area contributed by atoms with Crippen LogP contribution in [0.2, 0.25) is 0 Å². The third-order valence-corrected chi connectivity index (χ3v) is 3.72. The summed E-state index contributed by atoms with van der Waals surface area (Å²) in [5.74, 6) is 0.514. The Labute approximate surface area is 145 Å². The minimum absolute atomic E-state index is 0. The molecule has 0 unspecified atom stereocenters. The van der Waals surface area contributed by atoms with E-state index in [1.165, 1.54) is 31.5 Å². The van der Waals surface area contributed by atoms with Crippen LogP contribution in [0, 0.1) is 0 Å². The van der Waals surface area contributed by atoms with E-state index in [1.54, 1.807) is 0 Å². The van der Waals surface area contributed by atoms with Gasteiger partial charge in [-0.2, -0.15) is 0 Å². The van der Waals surface area contributed by atoms with E-state index in [-0.39, 0.29) is 24.0 Å². The number of nitrogens with zero attached hydrogens (tertiary/aromatic N) is 2. The molecule has 5 heteroatoms. The molecule has 0 aliphatic carbocycles. The van der Waals surface area contributed by atoms with Gasteiger partial charge in [0.15, 0.2) is 5.96 Å². The van der Waals surface area contributed by atoms with Gasteiger partial charge in [-0.3, -0.25) is 4.99 Å². The van der Waals surface area contributed by atoms with Crippen LogP contribution in [-0.4, -0.2) is 37.0 Å². The maximum atomic E-state index is 5.92. The van der Waals surface area contributed by atoms with Crippen LogP contribution in [0.1, 0.15) is 31.7 Å². The molecule has 3 N–H and O–H groups in total. The Morgan fingerprint density at radius 1 is 1.33 bits per heavy atom. The van der Waals surface area contributed by atoms with Crippen LogP contribution in [0.3, 0.4) is 0 Å². The maximum absolute atomic E-state index is 5.92. The fourth-order valence-corrected chi connectivity index (χ4v) is 2.56. The number of halogens is 1. The largest absolute Gasteiger partial charge is 0.370 e. The Hall–Kier alpha value is -0.820. The zero-order valence-corrected chi connectivity index (χ0v) is 15.2. The quantitative estimate of drug-likeness (QED) is 0.333. The number of aryl methyl sites for hydroxylation is 1. The van der Waals surface area contributed by atoms with Crippen molar-refractivity contribution in [3.8, 4) is 0 Å². The molecule has 0 aromatic heterocycles. The molecule has 2 rings (SSSR count). The van der Waals surface area contributed by atoms with Crippen molar-refractivity contribution >= 4 is 35.6 Å². The molecule has 0 spiro atoms. The van der Waals surface area contributed by atoms with E-state index in [0.29, 0.717) is 5.96 Å². The lowest BCUT2D eigenvalue weighted by Gasteiger charge is -2.13. The lowest BCUT2D eigenvalue weighted by molar-refractivity contribution is 0.336. The molecule has 4 nitrogen and oxygen atoms in total. The van der Waals surface area contributed by atoms with E-state index >= 15 is 0 Å². The summed E-state index contributed by atoms with van der Waals surface area (Å²) in [7, 11) is 0. The first-order valence-corrected chi connectivity index (χ1v) is 7.66. The minimum atomic E-state index is 0. The number of hydrogen-bond donors (Lipinski definition) is 2. The molecular formula is C16H27IN4. The summed E-state index contributed by atoms with van der Waals surface area (Å²) in [5.41, 5.74) is 8.24. The second-order valence-electron chi connectivity index (χ2n) is 5.35. The van der Waals surface area contributed by atoms with Crippen LogP contribution in [-0.2, 0) is 6.42 Å². The van der Waals surface area contributed by atoms with Crippen molar-refractivity contribution in [1.29, 1.82) is 0 Å². The summed E-state index contributed by atoms with van der Waals surface area (Å²) < 4.78 is 0. The normalized spacial score (nSPS) is 15.8. The van der Waals surface area contributed by atoms with Crippen LogP contribution < -0.4 is 11.1 Å². The Balaban J connectivity index is 0.00000220. The first-order valence-electron chi connectivity index (χ1n) is 7.66. The van der Waals surface area contributed by atoms with Crippen molar-refractivity contribution in [2.45, 2.75) is 32.6 Å². The fraction of sp³-hybridized carbons (Fsp3) is 0.562. The van der Waals surface area contributed by atoms with Gasteiger partial charge in [0.05, 0.1) is 0 Å². The fourth-order valence-electron chi connectivity index (χ4n) is 2.56. The zero-order chi connectivity index (χ0) is 14.2. The van der Waals surface area contributed by atoms with Crippen molar-refractivity contribution in [2.75, 3.05) is 31.5 Å². The van der Waals surface area contributed by atoms with E-state index in [2.05, 4.69) is 34.3 Å². The summed E-state index contributed by atoms with van der Waals surface area (Å²) in [6.45, 7) is 6.59. The topological polar surface area (TPSA) is 53.6 Å². The van der Waals surface area contributed by atoms with Gasteiger partial charge in [0.1, 0.15) is 0 Å². The summed E-state index contributed by atoms with van der Waals surface area (Å²) in [6, 6.07) is 8.30. The summed E-state index contributed by atoms with van der Waals surface area (Å²) in [6.07, 6.45) is 4.81. The van der Waals surface area contributed by atoms with Crippen molar-refractivity contribution in [1.82, 2.24) is 4.90 Å². The summed E-state index contributed by atoms with van der Waals surface area (Å²) >= 11 is 0. The minimum Gasteiger partial charge on any atom is -0.370 e. The van der Waals surface area contributed by atoms with E-state index in [1.807, 2.05) is 12.1 Å². The molecule has 1 aliphatic heterocycles. The predicted octanol–water partition coefficient (Wildman–Crippen LogP) is 3.08. The molecule has 1 aromatic carbocycles. The highest BCUT2D eigenvalue weighted by Gasteiger charge is 2.09. The highest BCUT2D eigenvalue weighted by Crippen LogP contribution is 2.10. The third-order valence-electron chi connectivity index (χ3n) is 3.72. The molecule has 118 valence electrons. The Morgan fingerprint density at radius 3 is 2.81 bits per heavy atom. The Morgan fingerprint density at radius 2 is 2.10 bits per heavy atom. The molecule has 1 fully saturated rings. The van der Waals surface area contributed by atoms with E-state index < -0.39 is 0 Å². The first-order chi connectivity index (χ1) is 9.78. The van der Waals surface area contributed by atoms with Gasteiger partial charge in [0.2, 0.25) is 0 Å². The smallest absolute Gasteiger partial charge is 0.193 e. The molecule has 0 saturated carbocycles. The molecule has 0 radical (unpaired) electrons. The molecule has 21 heavy (non-hydrogen) atoms. The third kappa shape index (κ3) is 6.65. The molecular weight excluding hydrogens is 375 g/mol. The monoisotopic (exact) mass is 402 g/mol. The number of aliphatic imine (C=N–C) groups is 1. The van der Waals surface area contributed by atoms with Gasteiger partial charge >= 0.3 is 0 Å². The average Bonchev–Trinajstić information content (AvgIpc) is 2.97. The van der Waals surface area contributed by atoms with Gasteiger partial charge in [0, 0.05) is 12.2 Å². The number of rotatable bonds is 6. The number of guanidine groups is 1. The second kappa shape index (κ2) is 10.00. The van der Waals surface area contributed by atoms with E-state index in [9.17, 15) is 0 Å². The number of nitrogens with one attached hydrogen (secondary N) is 1. The van der Waals surface area contributed by atoms with Crippen molar-refractivity contribution in [3.63, 3.8) is 0 Å². The molecule has 0 bridgehead atoms. The zero-order valence-electron chi connectivity index (χ0n) is 12.8. The van der Waals surface area contributed by atoms with Gasteiger partial charge in [-0.1, -0.05) is 19.1 Å². The van der Waals surface area contributed by atoms with Crippen molar-refractivity contribution in [2.24, 2.45) is 10.7 Å². The average molecular weight is 402 g/mol. The first kappa shape index (κ1) is 18.2. The van der Waals surface area contributed by atoms with Crippen LogP contribution in [0.15, 0.2) is 29.3 Å². The van der Waals surface area contributed by atoms with Crippen molar-refractivity contribution < 1.29 is 0 Å². The molecule has 1 heterocycles. The number of hydrogen-bond acceptors (Lipinski definition) is 2. The van der Waals surface area contributed by atoms with Gasteiger partial charge in [-0.15, -0.1) is 24.0 Å². The Kier molecular flexibility index (Phi) is 8.68. The highest BCUT2D eigenvalue weighted by molar-refractivity contribution is 14.0. The number of anilines is 1. The lowest BCUT2D eigenvalue weighted by Crippen LogP contribution is -2.24. The maximum Gasteiger partial charge on any atom is 0.193 e. The molecule has 1 aromatic rings. The Bertz CT molecular complexity index is 442. The predicted molar refractivity (Wildman–Crippen MR) is 102 cm³/mol.